The molecule has 0 atom stereocenters. The van der Waals surface area contributed by atoms with Crippen molar-refractivity contribution < 1.29 is 4.74 Å². The quantitative estimate of drug-likeness (QED) is 0.909. The topological polar surface area (TPSA) is 45.0 Å². The van der Waals surface area contributed by atoms with Gasteiger partial charge in [-0.2, -0.15) is 5.26 Å². The minimum Gasteiger partial charge on any atom is -0.486 e. The normalized spacial score (nSPS) is 11.2. The number of thiophene rings is 1. The number of hydrogen-bond acceptors (Lipinski definition) is 4. The summed E-state index contributed by atoms with van der Waals surface area (Å²) in [5.74, 6) is 0. The molecule has 0 aliphatic carbocycles. The van der Waals surface area contributed by atoms with Crippen LogP contribution in [0.2, 0.25) is 0 Å². The third kappa shape index (κ3) is 3.78. The van der Waals surface area contributed by atoms with Crippen LogP contribution < -0.4 is 10.1 Å². The fraction of sp³-hybridized carbons (Fsp3) is 0.545. The van der Waals surface area contributed by atoms with E-state index in [9.17, 15) is 0 Å². The van der Waals surface area contributed by atoms with Gasteiger partial charge in [-0.25, -0.2) is 0 Å². The minimum absolute atomic E-state index is 0.321. The highest BCUT2D eigenvalue weighted by Crippen LogP contribution is 2.34. The number of rotatable bonds is 5. The first-order chi connectivity index (χ1) is 7.48. The monoisotopic (exact) mass is 302 g/mol. The van der Waals surface area contributed by atoms with Gasteiger partial charge in [0.2, 0.25) is 0 Å². The average molecular weight is 303 g/mol. The summed E-state index contributed by atoms with van der Waals surface area (Å²) in [5.41, 5.74) is -0.321. The van der Waals surface area contributed by atoms with E-state index in [1.807, 2.05) is 19.9 Å². The van der Waals surface area contributed by atoms with Crippen LogP contribution in [-0.4, -0.2) is 13.7 Å². The second kappa shape index (κ2) is 5.67. The highest BCUT2D eigenvalue weighted by atomic mass is 79.9. The Balaban J connectivity index is 2.47. The standard InChI is InChI=1S/C11H15BrN2OS/c1-11(2,6-13)7-14-5-8-4-9(12)10(15-3)16-8/h4,14H,5,7H2,1-3H3. The van der Waals surface area contributed by atoms with Gasteiger partial charge in [0.05, 0.1) is 23.1 Å². The van der Waals surface area contributed by atoms with E-state index in [-0.39, 0.29) is 5.41 Å². The second-order valence-electron chi connectivity index (χ2n) is 4.15. The molecule has 0 aliphatic rings. The lowest BCUT2D eigenvalue weighted by Crippen LogP contribution is -2.27. The van der Waals surface area contributed by atoms with Crippen molar-refractivity contribution in [3.63, 3.8) is 0 Å². The van der Waals surface area contributed by atoms with Gasteiger partial charge in [0.25, 0.3) is 0 Å². The molecule has 0 bridgehead atoms. The van der Waals surface area contributed by atoms with Crippen LogP contribution in [0.1, 0.15) is 18.7 Å². The Morgan fingerprint density at radius 3 is 2.81 bits per heavy atom. The number of nitriles is 1. The molecule has 1 heterocycles. The van der Waals surface area contributed by atoms with Gasteiger partial charge in [0.15, 0.2) is 5.06 Å². The highest BCUT2D eigenvalue weighted by molar-refractivity contribution is 9.10. The van der Waals surface area contributed by atoms with Gasteiger partial charge in [0, 0.05) is 18.0 Å². The first-order valence-electron chi connectivity index (χ1n) is 4.92. The van der Waals surface area contributed by atoms with E-state index in [1.54, 1.807) is 18.4 Å². The molecule has 16 heavy (non-hydrogen) atoms. The van der Waals surface area contributed by atoms with Crippen LogP contribution in [0.25, 0.3) is 0 Å². The lowest BCUT2D eigenvalue weighted by Gasteiger charge is -2.15. The van der Waals surface area contributed by atoms with Crippen LogP contribution in [0.3, 0.4) is 0 Å². The molecule has 88 valence electrons. The molecule has 0 spiro atoms. The molecule has 0 aliphatic heterocycles. The molecule has 1 aromatic heterocycles. The van der Waals surface area contributed by atoms with Gasteiger partial charge in [-0.15, -0.1) is 11.3 Å². The Kier molecular flexibility index (Phi) is 4.78. The van der Waals surface area contributed by atoms with Crippen LogP contribution in [0.4, 0.5) is 0 Å². The van der Waals surface area contributed by atoms with E-state index in [4.69, 9.17) is 10.00 Å². The summed E-state index contributed by atoms with van der Waals surface area (Å²) in [6, 6.07) is 4.30. The van der Waals surface area contributed by atoms with Crippen molar-refractivity contribution in [3.05, 3.63) is 15.4 Å². The summed E-state index contributed by atoms with van der Waals surface area (Å²) < 4.78 is 6.17. The Morgan fingerprint density at radius 1 is 1.62 bits per heavy atom. The molecule has 1 N–H and O–H groups in total. The molecule has 0 unspecified atom stereocenters. The number of nitrogens with zero attached hydrogens (tertiary/aromatic N) is 1. The number of ether oxygens (including phenoxy) is 1. The maximum absolute atomic E-state index is 8.86. The van der Waals surface area contributed by atoms with Gasteiger partial charge in [-0.05, 0) is 35.8 Å². The molecule has 1 aromatic rings. The van der Waals surface area contributed by atoms with Crippen LogP contribution >= 0.6 is 27.3 Å². The summed E-state index contributed by atoms with van der Waals surface area (Å²) in [5, 5.41) is 13.0. The van der Waals surface area contributed by atoms with E-state index in [0.717, 1.165) is 16.1 Å². The van der Waals surface area contributed by atoms with Gasteiger partial charge in [0.1, 0.15) is 0 Å². The lowest BCUT2D eigenvalue weighted by molar-refractivity contribution is 0.425. The maximum atomic E-state index is 8.86. The van der Waals surface area contributed by atoms with Crippen LogP contribution in [-0.2, 0) is 6.54 Å². The van der Waals surface area contributed by atoms with Crippen LogP contribution in [0, 0.1) is 16.7 Å². The van der Waals surface area contributed by atoms with Crippen molar-refractivity contribution in [2.75, 3.05) is 13.7 Å². The smallest absolute Gasteiger partial charge is 0.188 e. The van der Waals surface area contributed by atoms with E-state index in [0.29, 0.717) is 6.54 Å². The molecular formula is C11H15BrN2OS. The molecule has 0 amide bonds. The maximum Gasteiger partial charge on any atom is 0.188 e. The zero-order valence-electron chi connectivity index (χ0n) is 9.63. The summed E-state index contributed by atoms with van der Waals surface area (Å²) in [6.07, 6.45) is 0. The number of hydrogen-bond donors (Lipinski definition) is 1. The summed E-state index contributed by atoms with van der Waals surface area (Å²) in [7, 11) is 1.66. The zero-order chi connectivity index (χ0) is 12.2. The molecule has 0 saturated heterocycles. The van der Waals surface area contributed by atoms with Gasteiger partial charge < -0.3 is 10.1 Å². The summed E-state index contributed by atoms with van der Waals surface area (Å²) in [6.45, 7) is 5.29. The SMILES string of the molecule is COc1sc(CNCC(C)(C)C#N)cc1Br. The third-order valence-corrected chi connectivity index (χ3v) is 4.01. The average Bonchev–Trinajstić information content (AvgIpc) is 2.59. The number of nitrogens with one attached hydrogen (secondary N) is 1. The Labute approximate surface area is 109 Å². The molecule has 0 saturated carbocycles. The molecule has 3 nitrogen and oxygen atoms in total. The van der Waals surface area contributed by atoms with Gasteiger partial charge in [-0.3, -0.25) is 0 Å². The Hall–Kier alpha value is -0.570. The second-order valence-corrected chi connectivity index (χ2v) is 6.11. The van der Waals surface area contributed by atoms with Crippen molar-refractivity contribution in [1.29, 1.82) is 5.26 Å². The minimum atomic E-state index is -0.321. The predicted molar refractivity (Wildman–Crippen MR) is 69.7 cm³/mol. The first kappa shape index (κ1) is 13.5. The number of methoxy groups -OCH3 is 1. The van der Waals surface area contributed by atoms with E-state index in [2.05, 4.69) is 27.3 Å². The highest BCUT2D eigenvalue weighted by Gasteiger charge is 2.16. The summed E-state index contributed by atoms with van der Waals surface area (Å²) in [4.78, 5) is 1.19. The molecule has 5 heteroatoms. The van der Waals surface area contributed by atoms with Crippen molar-refractivity contribution in [2.45, 2.75) is 20.4 Å². The third-order valence-electron chi connectivity index (χ3n) is 2.06. The van der Waals surface area contributed by atoms with E-state index < -0.39 is 0 Å². The van der Waals surface area contributed by atoms with Crippen LogP contribution in [0.5, 0.6) is 5.06 Å². The Bertz CT molecular complexity index is 395. The van der Waals surface area contributed by atoms with E-state index in [1.165, 1.54) is 4.88 Å². The fourth-order valence-electron chi connectivity index (χ4n) is 1.16. The molecule has 0 radical (unpaired) electrons. The molecule has 0 aromatic carbocycles. The van der Waals surface area contributed by atoms with Crippen molar-refractivity contribution >= 4 is 27.3 Å². The Morgan fingerprint density at radius 2 is 2.31 bits per heavy atom. The number of halogens is 1. The van der Waals surface area contributed by atoms with Gasteiger partial charge in [-0.1, -0.05) is 0 Å². The largest absolute Gasteiger partial charge is 0.486 e. The fourth-order valence-corrected chi connectivity index (χ4v) is 2.82. The first-order valence-corrected chi connectivity index (χ1v) is 6.53. The van der Waals surface area contributed by atoms with E-state index >= 15 is 0 Å². The van der Waals surface area contributed by atoms with Gasteiger partial charge >= 0.3 is 0 Å². The predicted octanol–water partition coefficient (Wildman–Crippen LogP) is 3.16. The lowest BCUT2D eigenvalue weighted by atomic mass is 9.96. The van der Waals surface area contributed by atoms with Crippen molar-refractivity contribution in [3.8, 4) is 11.1 Å². The van der Waals surface area contributed by atoms with Crippen molar-refractivity contribution in [1.82, 2.24) is 5.32 Å². The molecule has 1 rings (SSSR count). The van der Waals surface area contributed by atoms with Crippen molar-refractivity contribution in [2.24, 2.45) is 5.41 Å². The molecule has 0 fully saturated rings. The molecular weight excluding hydrogens is 288 g/mol. The van der Waals surface area contributed by atoms with Crippen LogP contribution in [0.15, 0.2) is 10.5 Å². The summed E-state index contributed by atoms with van der Waals surface area (Å²) >= 11 is 5.03. The zero-order valence-corrected chi connectivity index (χ0v) is 12.0.